The topological polar surface area (TPSA) is 129 Å². The summed E-state index contributed by atoms with van der Waals surface area (Å²) >= 11 is 0. The lowest BCUT2D eigenvalue weighted by molar-refractivity contribution is 0.0358. The molecule has 0 saturated carbocycles. The van der Waals surface area contributed by atoms with E-state index in [1.165, 1.54) is 24.5 Å². The average Bonchev–Trinajstić information content (AvgIpc) is 2.59. The molecule has 0 amide bonds. The van der Waals surface area contributed by atoms with E-state index in [2.05, 4.69) is 24.8 Å². The van der Waals surface area contributed by atoms with E-state index in [1.54, 1.807) is 24.3 Å². The van der Waals surface area contributed by atoms with Crippen molar-refractivity contribution in [3.05, 3.63) is 60.2 Å². The maximum absolute atomic E-state index is 11.5. The smallest absolute Gasteiger partial charge is 0.365 e. The molecule has 0 aliphatic carbocycles. The highest BCUT2D eigenvalue weighted by atomic mass is 16.7. The third-order valence-corrected chi connectivity index (χ3v) is 2.22. The van der Waals surface area contributed by atoms with Crippen LogP contribution in [0.3, 0.4) is 0 Å². The number of nitrogens with one attached hydrogen (secondary N) is 1. The van der Waals surface area contributed by atoms with Gasteiger partial charge in [0.2, 0.25) is 0 Å². The van der Waals surface area contributed by atoms with E-state index in [0.29, 0.717) is 0 Å². The minimum absolute atomic E-state index is 0.0598. The first kappa shape index (κ1) is 14.9. The molecule has 0 unspecified atom stereocenters. The van der Waals surface area contributed by atoms with Crippen molar-refractivity contribution in [2.24, 2.45) is 10.9 Å². The molecular formula is C13H11N5O4. The molecule has 9 heteroatoms. The summed E-state index contributed by atoms with van der Waals surface area (Å²) in [4.78, 5) is 39.7. The molecule has 2 heterocycles. The van der Waals surface area contributed by atoms with Gasteiger partial charge in [-0.05, 0) is 29.4 Å². The fourth-order valence-electron chi connectivity index (χ4n) is 1.27. The Labute approximate surface area is 124 Å². The van der Waals surface area contributed by atoms with Crippen LogP contribution in [0.15, 0.2) is 53.9 Å². The van der Waals surface area contributed by atoms with E-state index in [-0.39, 0.29) is 11.4 Å². The molecule has 9 nitrogen and oxygen atoms in total. The minimum atomic E-state index is -0.804. The molecule has 112 valence electrons. The van der Waals surface area contributed by atoms with Crippen LogP contribution in [-0.4, -0.2) is 27.9 Å². The molecule has 0 bridgehead atoms. The van der Waals surface area contributed by atoms with Gasteiger partial charge in [0, 0.05) is 12.4 Å². The summed E-state index contributed by atoms with van der Waals surface area (Å²) < 4.78 is 0. The Morgan fingerprint density at radius 1 is 1.00 bits per heavy atom. The first-order chi connectivity index (χ1) is 10.7. The quantitative estimate of drug-likeness (QED) is 0.356. The van der Waals surface area contributed by atoms with E-state index < -0.39 is 17.9 Å². The Balaban J connectivity index is 1.83. The fraction of sp³-hybridized carbons (Fsp3) is 0. The van der Waals surface area contributed by atoms with Crippen molar-refractivity contribution in [3.8, 4) is 0 Å². The van der Waals surface area contributed by atoms with E-state index >= 15 is 0 Å². The fourth-order valence-corrected chi connectivity index (χ4v) is 1.27. The first-order valence-corrected chi connectivity index (χ1v) is 6.01. The van der Waals surface area contributed by atoms with Crippen molar-refractivity contribution in [2.75, 3.05) is 0 Å². The van der Waals surface area contributed by atoms with Crippen LogP contribution in [0.2, 0.25) is 0 Å². The summed E-state index contributed by atoms with van der Waals surface area (Å²) in [5.41, 5.74) is 7.54. The highest BCUT2D eigenvalue weighted by Gasteiger charge is 2.10. The molecular weight excluding hydrogens is 290 g/mol. The maximum Gasteiger partial charge on any atom is 0.384 e. The minimum Gasteiger partial charge on any atom is -0.365 e. The Morgan fingerprint density at radius 2 is 1.59 bits per heavy atom. The van der Waals surface area contributed by atoms with Gasteiger partial charge in [-0.1, -0.05) is 12.1 Å². The zero-order valence-electron chi connectivity index (χ0n) is 11.2. The zero-order chi connectivity index (χ0) is 15.8. The zero-order valence-corrected chi connectivity index (χ0v) is 11.2. The van der Waals surface area contributed by atoms with Gasteiger partial charge in [-0.2, -0.15) is 5.48 Å². The van der Waals surface area contributed by atoms with E-state index in [0.717, 1.165) is 0 Å². The van der Waals surface area contributed by atoms with Crippen molar-refractivity contribution in [3.63, 3.8) is 0 Å². The summed E-state index contributed by atoms with van der Waals surface area (Å²) in [6.45, 7) is 0. The average molecular weight is 301 g/mol. The van der Waals surface area contributed by atoms with Crippen molar-refractivity contribution in [2.45, 2.75) is 0 Å². The molecule has 0 aromatic carbocycles. The van der Waals surface area contributed by atoms with Gasteiger partial charge in [-0.25, -0.2) is 19.6 Å². The number of hydroxylamine groups is 1. The standard InChI is InChI=1S/C13H11N5O4/c14-13(17-21-11(19)9-5-1-3-7-15-9)18-22-12(20)10-6-2-4-8-16-10/h1-8H,(H3,14,17,18). The van der Waals surface area contributed by atoms with Crippen LogP contribution in [0.25, 0.3) is 0 Å². The van der Waals surface area contributed by atoms with Gasteiger partial charge in [-0.15, -0.1) is 0 Å². The second-order valence-corrected chi connectivity index (χ2v) is 3.78. The van der Waals surface area contributed by atoms with Crippen molar-refractivity contribution in [1.82, 2.24) is 15.4 Å². The maximum atomic E-state index is 11.5. The predicted molar refractivity (Wildman–Crippen MR) is 74.1 cm³/mol. The van der Waals surface area contributed by atoms with Crippen molar-refractivity contribution >= 4 is 17.9 Å². The lowest BCUT2D eigenvalue weighted by Crippen LogP contribution is -2.34. The first-order valence-electron chi connectivity index (χ1n) is 6.01. The number of aromatic nitrogens is 2. The third kappa shape index (κ3) is 4.27. The monoisotopic (exact) mass is 301 g/mol. The Hall–Kier alpha value is -3.49. The molecule has 2 aromatic heterocycles. The summed E-state index contributed by atoms with van der Waals surface area (Å²) in [6, 6.07) is 9.43. The van der Waals surface area contributed by atoms with Crippen molar-refractivity contribution in [1.29, 1.82) is 0 Å². The van der Waals surface area contributed by atoms with Crippen LogP contribution < -0.4 is 11.2 Å². The molecule has 0 spiro atoms. The predicted octanol–water partition coefficient (Wildman–Crippen LogP) is 0.225. The number of nitrogens with two attached hydrogens (primary N) is 1. The number of carbonyl (C=O) groups excluding carboxylic acids is 2. The normalized spacial score (nSPS) is 10.6. The molecule has 0 atom stereocenters. The van der Waals surface area contributed by atoms with Crippen LogP contribution in [-0.2, 0) is 9.68 Å². The molecule has 3 N–H and O–H groups in total. The van der Waals surface area contributed by atoms with Gasteiger partial charge in [0.15, 0.2) is 11.4 Å². The van der Waals surface area contributed by atoms with Gasteiger partial charge in [0.1, 0.15) is 0 Å². The summed E-state index contributed by atoms with van der Waals surface area (Å²) in [7, 11) is 0. The third-order valence-electron chi connectivity index (χ3n) is 2.22. The van der Waals surface area contributed by atoms with Crippen LogP contribution in [0.4, 0.5) is 0 Å². The van der Waals surface area contributed by atoms with Crippen molar-refractivity contribution < 1.29 is 19.3 Å². The number of carbonyl (C=O) groups is 2. The van der Waals surface area contributed by atoms with E-state index in [4.69, 9.17) is 5.73 Å². The molecule has 2 rings (SSSR count). The number of hydrogen-bond acceptors (Lipinski definition) is 7. The number of rotatable bonds is 3. The lowest BCUT2D eigenvalue weighted by Gasteiger charge is -2.04. The second-order valence-electron chi connectivity index (χ2n) is 3.78. The number of pyridine rings is 2. The molecule has 0 saturated heterocycles. The Morgan fingerprint density at radius 3 is 2.14 bits per heavy atom. The summed E-state index contributed by atoms with van der Waals surface area (Å²) in [5.74, 6) is -2.00. The summed E-state index contributed by atoms with van der Waals surface area (Å²) in [6.07, 6.45) is 2.86. The van der Waals surface area contributed by atoms with Crippen LogP contribution >= 0.6 is 0 Å². The van der Waals surface area contributed by atoms with Crippen LogP contribution in [0.1, 0.15) is 21.0 Å². The van der Waals surface area contributed by atoms with Gasteiger partial charge in [0.05, 0.1) is 0 Å². The number of nitrogens with zero attached hydrogens (tertiary/aromatic N) is 3. The Kier molecular flexibility index (Phi) is 4.97. The molecule has 0 aliphatic heterocycles. The molecule has 0 aliphatic rings. The highest BCUT2D eigenvalue weighted by molar-refractivity contribution is 5.89. The largest absolute Gasteiger partial charge is 0.384 e. The number of oxime groups is 1. The highest BCUT2D eigenvalue weighted by Crippen LogP contribution is 1.97. The summed E-state index contributed by atoms with van der Waals surface area (Å²) in [5, 5.41) is 3.26. The molecule has 22 heavy (non-hydrogen) atoms. The SMILES string of the molecule is NC(=NOC(=O)c1ccccn1)NOC(=O)c1ccccn1. The number of hydrogen-bond donors (Lipinski definition) is 2. The van der Waals surface area contributed by atoms with Crippen LogP contribution in [0, 0.1) is 0 Å². The number of guanidine groups is 1. The Bertz CT molecular complexity index is 675. The lowest BCUT2D eigenvalue weighted by atomic mass is 10.4. The molecule has 0 fully saturated rings. The van der Waals surface area contributed by atoms with E-state index in [9.17, 15) is 9.59 Å². The molecule has 0 radical (unpaired) electrons. The van der Waals surface area contributed by atoms with Gasteiger partial charge in [-0.3, -0.25) is 0 Å². The van der Waals surface area contributed by atoms with Gasteiger partial charge in [0.25, 0.3) is 5.96 Å². The van der Waals surface area contributed by atoms with Crippen LogP contribution in [0.5, 0.6) is 0 Å². The second kappa shape index (κ2) is 7.33. The van der Waals surface area contributed by atoms with E-state index in [1.807, 2.05) is 5.48 Å². The van der Waals surface area contributed by atoms with Gasteiger partial charge >= 0.3 is 11.9 Å². The molecule has 2 aromatic rings. The van der Waals surface area contributed by atoms with Gasteiger partial charge < -0.3 is 15.4 Å².